The molecule has 86 valence electrons. The van der Waals surface area contributed by atoms with Gasteiger partial charge < -0.3 is 5.32 Å². The fourth-order valence-corrected chi connectivity index (χ4v) is 3.14. The van der Waals surface area contributed by atoms with E-state index in [0.717, 1.165) is 13.0 Å². The van der Waals surface area contributed by atoms with Crippen LogP contribution in [0.25, 0.3) is 0 Å². The number of thiophene rings is 1. The summed E-state index contributed by atoms with van der Waals surface area (Å²) in [6.45, 7) is 5.50. The van der Waals surface area contributed by atoms with Crippen molar-refractivity contribution in [3.05, 3.63) is 21.9 Å². The second-order valence-corrected chi connectivity index (χ2v) is 5.83. The molecule has 0 aromatic carbocycles. The second kappa shape index (κ2) is 7.31. The van der Waals surface area contributed by atoms with Crippen LogP contribution in [-0.2, 0) is 13.0 Å². The zero-order valence-corrected chi connectivity index (χ0v) is 11.5. The van der Waals surface area contributed by atoms with Gasteiger partial charge in [0.1, 0.15) is 0 Å². The van der Waals surface area contributed by atoms with E-state index in [4.69, 9.17) is 0 Å². The minimum atomic E-state index is 0.659. The Morgan fingerprint density at radius 2 is 2.07 bits per heavy atom. The maximum Gasteiger partial charge on any atom is 0.0302 e. The lowest BCUT2D eigenvalue weighted by Crippen LogP contribution is -2.29. The van der Waals surface area contributed by atoms with Crippen LogP contribution in [0.5, 0.6) is 0 Å². The first-order valence-electron chi connectivity index (χ1n) is 5.60. The van der Waals surface area contributed by atoms with Crippen molar-refractivity contribution < 1.29 is 0 Å². The molecule has 1 nitrogen and oxygen atoms in total. The molecule has 1 unspecified atom stereocenters. The van der Waals surface area contributed by atoms with Crippen LogP contribution in [-0.4, -0.2) is 18.1 Å². The summed E-state index contributed by atoms with van der Waals surface area (Å²) in [6.07, 6.45) is 4.55. The summed E-state index contributed by atoms with van der Waals surface area (Å²) in [5.41, 5.74) is 0. The van der Waals surface area contributed by atoms with Gasteiger partial charge in [-0.1, -0.05) is 13.8 Å². The molecule has 1 heterocycles. The Bertz CT molecular complexity index is 270. The van der Waals surface area contributed by atoms with E-state index in [2.05, 4.69) is 37.6 Å². The highest BCUT2D eigenvalue weighted by Crippen LogP contribution is 2.17. The molecule has 1 aromatic rings. The molecule has 0 saturated carbocycles. The first-order valence-corrected chi connectivity index (χ1v) is 7.81. The van der Waals surface area contributed by atoms with Crippen molar-refractivity contribution in [2.24, 2.45) is 0 Å². The molecular formula is C12H21NS2. The summed E-state index contributed by atoms with van der Waals surface area (Å²) in [7, 11) is 0. The predicted octanol–water partition coefficient (Wildman–Crippen LogP) is 3.54. The van der Waals surface area contributed by atoms with Gasteiger partial charge >= 0.3 is 0 Å². The Balaban J connectivity index is 2.34. The summed E-state index contributed by atoms with van der Waals surface area (Å²) in [4.78, 5) is 2.95. The molecule has 0 saturated heterocycles. The second-order valence-electron chi connectivity index (χ2n) is 3.66. The van der Waals surface area contributed by atoms with Crippen LogP contribution in [0.1, 0.15) is 30.0 Å². The largest absolute Gasteiger partial charge is 0.308 e. The molecule has 0 aliphatic carbocycles. The molecular weight excluding hydrogens is 222 g/mol. The lowest BCUT2D eigenvalue weighted by atomic mass is 10.2. The molecule has 0 aliphatic heterocycles. The van der Waals surface area contributed by atoms with Crippen LogP contribution >= 0.6 is 23.1 Å². The number of thioether (sulfide) groups is 1. The lowest BCUT2D eigenvalue weighted by Gasteiger charge is -2.14. The minimum Gasteiger partial charge on any atom is -0.308 e. The highest BCUT2D eigenvalue weighted by molar-refractivity contribution is 7.98. The zero-order chi connectivity index (χ0) is 11.1. The van der Waals surface area contributed by atoms with Gasteiger partial charge in [-0.15, -0.1) is 11.3 Å². The topological polar surface area (TPSA) is 12.0 Å². The van der Waals surface area contributed by atoms with E-state index in [9.17, 15) is 0 Å². The molecule has 15 heavy (non-hydrogen) atoms. The van der Waals surface area contributed by atoms with E-state index in [1.165, 1.54) is 21.9 Å². The maximum atomic E-state index is 3.61. The van der Waals surface area contributed by atoms with Crippen LogP contribution in [0, 0.1) is 0 Å². The summed E-state index contributed by atoms with van der Waals surface area (Å²) in [5, 5.41) is 3.61. The van der Waals surface area contributed by atoms with Gasteiger partial charge in [0.05, 0.1) is 0 Å². The molecule has 0 spiro atoms. The van der Waals surface area contributed by atoms with E-state index in [1.807, 2.05) is 23.1 Å². The molecule has 3 heteroatoms. The standard InChI is InChI=1S/C12H21NS2/c1-4-10(9-14-3)13-8-12-7-6-11(5-2)15-12/h6-7,10,13H,4-5,8-9H2,1-3H3. The Hall–Kier alpha value is 0.01000. The summed E-state index contributed by atoms with van der Waals surface area (Å²) >= 11 is 3.85. The van der Waals surface area contributed by atoms with E-state index < -0.39 is 0 Å². The van der Waals surface area contributed by atoms with E-state index >= 15 is 0 Å². The maximum absolute atomic E-state index is 3.61. The van der Waals surface area contributed by atoms with Gasteiger partial charge in [-0.25, -0.2) is 0 Å². The third-order valence-electron chi connectivity index (χ3n) is 2.49. The SMILES string of the molecule is CCc1ccc(CNC(CC)CSC)s1. The number of hydrogen-bond donors (Lipinski definition) is 1. The fraction of sp³-hybridized carbons (Fsp3) is 0.667. The van der Waals surface area contributed by atoms with Gasteiger partial charge in [0, 0.05) is 28.1 Å². The predicted molar refractivity (Wildman–Crippen MR) is 73.0 cm³/mol. The molecule has 0 fully saturated rings. The molecule has 1 aromatic heterocycles. The Kier molecular flexibility index (Phi) is 6.37. The Labute approximate surface area is 102 Å². The minimum absolute atomic E-state index is 0.659. The summed E-state index contributed by atoms with van der Waals surface area (Å²) in [5.74, 6) is 1.21. The van der Waals surface area contributed by atoms with E-state index in [1.54, 1.807) is 0 Å². The van der Waals surface area contributed by atoms with Crippen molar-refractivity contribution in [2.75, 3.05) is 12.0 Å². The van der Waals surface area contributed by atoms with Crippen molar-refractivity contribution >= 4 is 23.1 Å². The van der Waals surface area contributed by atoms with Gasteiger partial charge in [-0.2, -0.15) is 11.8 Å². The third-order valence-corrected chi connectivity index (χ3v) is 4.46. The highest BCUT2D eigenvalue weighted by atomic mass is 32.2. The average Bonchev–Trinajstić information content (AvgIpc) is 2.72. The van der Waals surface area contributed by atoms with Gasteiger partial charge in [-0.05, 0) is 31.2 Å². The molecule has 0 aliphatic rings. The molecule has 0 amide bonds. The Morgan fingerprint density at radius 1 is 1.33 bits per heavy atom. The van der Waals surface area contributed by atoms with Gasteiger partial charge in [0.15, 0.2) is 0 Å². The van der Waals surface area contributed by atoms with Crippen LogP contribution in [0.3, 0.4) is 0 Å². The van der Waals surface area contributed by atoms with Crippen LogP contribution < -0.4 is 5.32 Å². The first kappa shape index (κ1) is 13.1. The molecule has 1 N–H and O–H groups in total. The number of aryl methyl sites for hydroxylation is 1. The normalized spacial score (nSPS) is 13.0. The molecule has 1 rings (SSSR count). The summed E-state index contributed by atoms with van der Waals surface area (Å²) < 4.78 is 0. The van der Waals surface area contributed by atoms with Crippen LogP contribution in [0.15, 0.2) is 12.1 Å². The molecule has 0 radical (unpaired) electrons. The van der Waals surface area contributed by atoms with Crippen LogP contribution in [0.2, 0.25) is 0 Å². The average molecular weight is 243 g/mol. The van der Waals surface area contributed by atoms with Gasteiger partial charge in [0.2, 0.25) is 0 Å². The monoisotopic (exact) mass is 243 g/mol. The number of rotatable bonds is 7. The smallest absolute Gasteiger partial charge is 0.0302 e. The van der Waals surface area contributed by atoms with Crippen molar-refractivity contribution in [3.63, 3.8) is 0 Å². The van der Waals surface area contributed by atoms with Crippen molar-refractivity contribution in [1.82, 2.24) is 5.32 Å². The van der Waals surface area contributed by atoms with E-state index in [-0.39, 0.29) is 0 Å². The fourth-order valence-electron chi connectivity index (χ4n) is 1.47. The van der Waals surface area contributed by atoms with Gasteiger partial charge in [-0.3, -0.25) is 0 Å². The van der Waals surface area contributed by atoms with Crippen molar-refractivity contribution in [3.8, 4) is 0 Å². The van der Waals surface area contributed by atoms with Crippen molar-refractivity contribution in [2.45, 2.75) is 39.3 Å². The van der Waals surface area contributed by atoms with Crippen LogP contribution in [0.4, 0.5) is 0 Å². The van der Waals surface area contributed by atoms with Crippen molar-refractivity contribution in [1.29, 1.82) is 0 Å². The quantitative estimate of drug-likeness (QED) is 0.786. The number of nitrogens with one attached hydrogen (secondary N) is 1. The molecule has 0 bridgehead atoms. The molecule has 1 atom stereocenters. The van der Waals surface area contributed by atoms with Gasteiger partial charge in [0.25, 0.3) is 0 Å². The highest BCUT2D eigenvalue weighted by Gasteiger charge is 2.05. The third kappa shape index (κ3) is 4.58. The lowest BCUT2D eigenvalue weighted by molar-refractivity contribution is 0.544. The number of hydrogen-bond acceptors (Lipinski definition) is 3. The Morgan fingerprint density at radius 3 is 2.60 bits per heavy atom. The van der Waals surface area contributed by atoms with E-state index in [0.29, 0.717) is 6.04 Å². The zero-order valence-electron chi connectivity index (χ0n) is 9.88. The summed E-state index contributed by atoms with van der Waals surface area (Å²) in [6, 6.07) is 5.16. The first-order chi connectivity index (χ1) is 7.30.